The largest absolute Gasteiger partial charge is 0.465 e. The molecular weight excluding hydrogens is 214 g/mol. The quantitative estimate of drug-likeness (QED) is 0.805. The zero-order valence-electron chi connectivity index (χ0n) is 10.2. The molecule has 1 saturated heterocycles. The van der Waals surface area contributed by atoms with Gasteiger partial charge in [0, 0.05) is 0 Å². The van der Waals surface area contributed by atoms with E-state index in [1.165, 1.54) is 5.56 Å². The van der Waals surface area contributed by atoms with E-state index in [2.05, 4.69) is 29.6 Å². The highest BCUT2D eigenvalue weighted by Crippen LogP contribution is 2.19. The van der Waals surface area contributed by atoms with Crippen molar-refractivity contribution in [3.63, 3.8) is 0 Å². The van der Waals surface area contributed by atoms with Crippen molar-refractivity contribution in [2.75, 3.05) is 13.2 Å². The fraction of sp³-hybridized carbons (Fsp3) is 0.500. The number of benzene rings is 1. The highest BCUT2D eigenvalue weighted by atomic mass is 16.5. The van der Waals surface area contributed by atoms with Gasteiger partial charge in [0.05, 0.1) is 6.61 Å². The summed E-state index contributed by atoms with van der Waals surface area (Å²) >= 11 is 0. The third-order valence-corrected chi connectivity index (χ3v) is 3.16. The number of hydrogen-bond acceptors (Lipinski definition) is 3. The molecule has 0 bridgehead atoms. The zero-order valence-corrected chi connectivity index (χ0v) is 10.2. The Morgan fingerprint density at radius 3 is 2.88 bits per heavy atom. The van der Waals surface area contributed by atoms with Gasteiger partial charge in [-0.25, -0.2) is 0 Å². The molecular formula is C14H19NO2. The lowest BCUT2D eigenvalue weighted by Gasteiger charge is -2.09. The molecule has 1 aliphatic heterocycles. The summed E-state index contributed by atoms with van der Waals surface area (Å²) in [6, 6.07) is 10.3. The molecule has 0 spiro atoms. The SMILES string of the molecule is CCOC(=O)[C@H]1C[C@@H](Cc2ccccc2)CN1. The second kappa shape index (κ2) is 5.82. The van der Waals surface area contributed by atoms with E-state index in [9.17, 15) is 4.79 Å². The van der Waals surface area contributed by atoms with E-state index < -0.39 is 0 Å². The van der Waals surface area contributed by atoms with Gasteiger partial charge in [0.25, 0.3) is 0 Å². The van der Waals surface area contributed by atoms with E-state index >= 15 is 0 Å². The van der Waals surface area contributed by atoms with Gasteiger partial charge in [0.15, 0.2) is 0 Å². The molecule has 17 heavy (non-hydrogen) atoms. The third kappa shape index (κ3) is 3.30. The van der Waals surface area contributed by atoms with E-state index in [1.807, 2.05) is 13.0 Å². The van der Waals surface area contributed by atoms with Crippen LogP contribution in [-0.4, -0.2) is 25.2 Å². The van der Waals surface area contributed by atoms with Crippen LogP contribution in [0.4, 0.5) is 0 Å². The average molecular weight is 233 g/mol. The molecule has 0 radical (unpaired) electrons. The van der Waals surface area contributed by atoms with Gasteiger partial charge in [-0.05, 0) is 37.8 Å². The van der Waals surface area contributed by atoms with E-state index in [1.54, 1.807) is 0 Å². The van der Waals surface area contributed by atoms with Crippen LogP contribution >= 0.6 is 0 Å². The fourth-order valence-corrected chi connectivity index (χ4v) is 2.33. The lowest BCUT2D eigenvalue weighted by Crippen LogP contribution is -2.32. The second-order valence-electron chi connectivity index (χ2n) is 4.50. The highest BCUT2D eigenvalue weighted by Gasteiger charge is 2.30. The minimum absolute atomic E-state index is 0.108. The summed E-state index contributed by atoms with van der Waals surface area (Å²) in [5.41, 5.74) is 1.34. The van der Waals surface area contributed by atoms with Crippen molar-refractivity contribution in [1.29, 1.82) is 0 Å². The van der Waals surface area contributed by atoms with Crippen molar-refractivity contribution in [2.45, 2.75) is 25.8 Å². The van der Waals surface area contributed by atoms with Crippen LogP contribution in [0.2, 0.25) is 0 Å². The Hall–Kier alpha value is -1.35. The maximum absolute atomic E-state index is 11.6. The van der Waals surface area contributed by atoms with E-state index in [4.69, 9.17) is 4.74 Å². The maximum Gasteiger partial charge on any atom is 0.323 e. The van der Waals surface area contributed by atoms with Crippen molar-refractivity contribution >= 4 is 5.97 Å². The predicted octanol–water partition coefficient (Wildman–Crippen LogP) is 1.77. The molecule has 2 rings (SSSR count). The summed E-state index contributed by atoms with van der Waals surface area (Å²) in [5.74, 6) is 0.426. The Bertz CT molecular complexity index is 364. The lowest BCUT2D eigenvalue weighted by atomic mass is 9.97. The number of nitrogens with one attached hydrogen (secondary N) is 1. The molecule has 1 N–H and O–H groups in total. The van der Waals surface area contributed by atoms with Gasteiger partial charge in [-0.2, -0.15) is 0 Å². The van der Waals surface area contributed by atoms with Crippen molar-refractivity contribution in [1.82, 2.24) is 5.32 Å². The normalized spacial score (nSPS) is 23.6. The first kappa shape index (κ1) is 12.1. The van der Waals surface area contributed by atoms with Gasteiger partial charge < -0.3 is 10.1 Å². The first-order valence-corrected chi connectivity index (χ1v) is 6.23. The number of hydrogen-bond donors (Lipinski definition) is 1. The third-order valence-electron chi connectivity index (χ3n) is 3.16. The van der Waals surface area contributed by atoms with Gasteiger partial charge in [-0.3, -0.25) is 4.79 Å². The Morgan fingerprint density at radius 1 is 1.41 bits per heavy atom. The second-order valence-corrected chi connectivity index (χ2v) is 4.50. The molecule has 0 aliphatic carbocycles. The Morgan fingerprint density at radius 2 is 2.18 bits per heavy atom. The standard InChI is InChI=1S/C14H19NO2/c1-2-17-14(16)13-9-12(10-15-13)8-11-6-4-3-5-7-11/h3-7,12-13,15H,2,8-10H2,1H3/t12-,13-/m1/s1. The Balaban J connectivity index is 1.84. The van der Waals surface area contributed by atoms with E-state index in [0.717, 1.165) is 19.4 Å². The molecule has 2 atom stereocenters. The summed E-state index contributed by atoms with van der Waals surface area (Å²) < 4.78 is 5.02. The lowest BCUT2D eigenvalue weighted by molar-refractivity contribution is -0.145. The molecule has 1 aliphatic rings. The monoisotopic (exact) mass is 233 g/mol. The molecule has 0 saturated carbocycles. The van der Waals surface area contributed by atoms with Gasteiger partial charge in [0.2, 0.25) is 0 Å². The fourth-order valence-electron chi connectivity index (χ4n) is 2.33. The summed E-state index contributed by atoms with van der Waals surface area (Å²) in [6.45, 7) is 3.20. The molecule has 0 unspecified atom stereocenters. The summed E-state index contributed by atoms with van der Waals surface area (Å²) in [6.07, 6.45) is 1.91. The molecule has 0 amide bonds. The molecule has 3 heteroatoms. The average Bonchev–Trinajstić information content (AvgIpc) is 2.79. The number of carbonyl (C=O) groups is 1. The molecule has 1 fully saturated rings. The summed E-state index contributed by atoms with van der Waals surface area (Å²) in [5, 5.41) is 3.24. The van der Waals surface area contributed by atoms with Crippen LogP contribution in [0.1, 0.15) is 18.9 Å². The number of carbonyl (C=O) groups excluding carboxylic acids is 1. The zero-order chi connectivity index (χ0) is 12.1. The summed E-state index contributed by atoms with van der Waals surface area (Å²) in [4.78, 5) is 11.6. The van der Waals surface area contributed by atoms with Crippen LogP contribution in [0.15, 0.2) is 30.3 Å². The van der Waals surface area contributed by atoms with Crippen LogP contribution in [-0.2, 0) is 16.0 Å². The van der Waals surface area contributed by atoms with Gasteiger partial charge >= 0.3 is 5.97 Å². The van der Waals surface area contributed by atoms with Crippen LogP contribution < -0.4 is 5.32 Å². The van der Waals surface area contributed by atoms with Crippen LogP contribution in [0.3, 0.4) is 0 Å². The van der Waals surface area contributed by atoms with Crippen LogP contribution in [0.5, 0.6) is 0 Å². The van der Waals surface area contributed by atoms with Crippen molar-refractivity contribution < 1.29 is 9.53 Å². The van der Waals surface area contributed by atoms with E-state index in [0.29, 0.717) is 12.5 Å². The predicted molar refractivity (Wildman–Crippen MR) is 66.7 cm³/mol. The van der Waals surface area contributed by atoms with E-state index in [-0.39, 0.29) is 12.0 Å². The number of ether oxygens (including phenoxy) is 1. The molecule has 92 valence electrons. The Labute approximate surface area is 102 Å². The van der Waals surface area contributed by atoms with Gasteiger partial charge in [-0.15, -0.1) is 0 Å². The highest BCUT2D eigenvalue weighted by molar-refractivity contribution is 5.76. The maximum atomic E-state index is 11.6. The molecule has 1 heterocycles. The molecule has 1 aromatic carbocycles. The first-order valence-electron chi connectivity index (χ1n) is 6.23. The van der Waals surface area contributed by atoms with Crippen molar-refractivity contribution in [3.8, 4) is 0 Å². The topological polar surface area (TPSA) is 38.3 Å². The Kier molecular flexibility index (Phi) is 4.15. The van der Waals surface area contributed by atoms with Gasteiger partial charge in [-0.1, -0.05) is 30.3 Å². The van der Waals surface area contributed by atoms with Crippen LogP contribution in [0.25, 0.3) is 0 Å². The summed E-state index contributed by atoms with van der Waals surface area (Å²) in [7, 11) is 0. The number of esters is 1. The number of rotatable bonds is 4. The smallest absolute Gasteiger partial charge is 0.323 e. The van der Waals surface area contributed by atoms with Crippen molar-refractivity contribution in [2.24, 2.45) is 5.92 Å². The first-order chi connectivity index (χ1) is 8.29. The molecule has 3 nitrogen and oxygen atoms in total. The molecule has 0 aromatic heterocycles. The minimum Gasteiger partial charge on any atom is -0.465 e. The van der Waals surface area contributed by atoms with Crippen LogP contribution in [0, 0.1) is 5.92 Å². The van der Waals surface area contributed by atoms with Gasteiger partial charge in [0.1, 0.15) is 6.04 Å². The minimum atomic E-state index is -0.108. The molecule has 1 aromatic rings. The van der Waals surface area contributed by atoms with Crippen molar-refractivity contribution in [3.05, 3.63) is 35.9 Å².